The number of carbonyl (C=O) groups is 1. The lowest BCUT2D eigenvalue weighted by molar-refractivity contribution is -0.118. The lowest BCUT2D eigenvalue weighted by Crippen LogP contribution is -2.20. The summed E-state index contributed by atoms with van der Waals surface area (Å²) in [5.41, 5.74) is 0.373. The monoisotopic (exact) mass is 247 g/mol. The topological polar surface area (TPSA) is 64.1 Å². The summed E-state index contributed by atoms with van der Waals surface area (Å²) in [6.07, 6.45) is 3.01. The second-order valence-electron chi connectivity index (χ2n) is 3.38. The number of aromatic nitrogens is 2. The predicted molar refractivity (Wildman–Crippen MR) is 62.6 cm³/mol. The molecule has 0 fully saturated rings. The Kier molecular flexibility index (Phi) is 3.80. The van der Waals surface area contributed by atoms with Crippen molar-refractivity contribution in [2.24, 2.45) is 0 Å². The standard InChI is InChI=1S/C12H10FN3O2/c13-9-3-1-4-10(7-9)16-11(17)8-18-12-14-5-2-6-15-12/h1-7H,8H2,(H,16,17). The van der Waals surface area contributed by atoms with E-state index in [1.165, 1.54) is 30.6 Å². The highest BCUT2D eigenvalue weighted by atomic mass is 19.1. The Morgan fingerprint density at radius 2 is 2.06 bits per heavy atom. The van der Waals surface area contributed by atoms with Gasteiger partial charge in [-0.1, -0.05) is 6.07 Å². The van der Waals surface area contributed by atoms with E-state index in [1.807, 2.05) is 0 Å². The van der Waals surface area contributed by atoms with Gasteiger partial charge in [-0.3, -0.25) is 4.79 Å². The average molecular weight is 247 g/mol. The molecule has 6 heteroatoms. The fourth-order valence-corrected chi connectivity index (χ4v) is 1.25. The van der Waals surface area contributed by atoms with Gasteiger partial charge in [0.25, 0.3) is 5.91 Å². The zero-order valence-corrected chi connectivity index (χ0v) is 9.34. The largest absolute Gasteiger partial charge is 0.453 e. The van der Waals surface area contributed by atoms with Crippen LogP contribution in [0.25, 0.3) is 0 Å². The molecule has 0 radical (unpaired) electrons. The fraction of sp³-hybridized carbons (Fsp3) is 0.0833. The van der Waals surface area contributed by atoms with E-state index >= 15 is 0 Å². The summed E-state index contributed by atoms with van der Waals surface area (Å²) >= 11 is 0. The molecule has 0 atom stereocenters. The van der Waals surface area contributed by atoms with E-state index in [9.17, 15) is 9.18 Å². The van der Waals surface area contributed by atoms with E-state index < -0.39 is 11.7 Å². The third-order valence-electron chi connectivity index (χ3n) is 1.98. The quantitative estimate of drug-likeness (QED) is 0.891. The smallest absolute Gasteiger partial charge is 0.316 e. The van der Waals surface area contributed by atoms with Gasteiger partial charge in [-0.15, -0.1) is 0 Å². The molecule has 5 nitrogen and oxygen atoms in total. The summed E-state index contributed by atoms with van der Waals surface area (Å²) < 4.78 is 17.9. The van der Waals surface area contributed by atoms with E-state index in [-0.39, 0.29) is 12.6 Å². The normalized spacial score (nSPS) is 9.83. The third-order valence-corrected chi connectivity index (χ3v) is 1.98. The minimum atomic E-state index is -0.417. The molecule has 2 rings (SSSR count). The number of anilines is 1. The van der Waals surface area contributed by atoms with Gasteiger partial charge in [-0.2, -0.15) is 0 Å². The van der Waals surface area contributed by atoms with Gasteiger partial charge < -0.3 is 10.1 Å². The Bertz CT molecular complexity index is 534. The van der Waals surface area contributed by atoms with Gasteiger partial charge in [0, 0.05) is 18.1 Å². The van der Waals surface area contributed by atoms with Gasteiger partial charge in [-0.05, 0) is 24.3 Å². The highest BCUT2D eigenvalue weighted by Gasteiger charge is 2.05. The summed E-state index contributed by atoms with van der Waals surface area (Å²) in [5.74, 6) is -0.826. The van der Waals surface area contributed by atoms with Crippen LogP contribution in [-0.2, 0) is 4.79 Å². The van der Waals surface area contributed by atoms with E-state index in [0.717, 1.165) is 0 Å². The molecule has 0 spiro atoms. The van der Waals surface area contributed by atoms with E-state index in [2.05, 4.69) is 15.3 Å². The van der Waals surface area contributed by atoms with Crippen LogP contribution in [0.5, 0.6) is 6.01 Å². The Balaban J connectivity index is 1.86. The summed E-state index contributed by atoms with van der Waals surface area (Å²) in [6, 6.07) is 7.36. The number of nitrogens with one attached hydrogen (secondary N) is 1. The summed E-state index contributed by atoms with van der Waals surface area (Å²) in [6.45, 7) is -0.236. The first kappa shape index (κ1) is 12.0. The van der Waals surface area contributed by atoms with Crippen LogP contribution in [0.3, 0.4) is 0 Å². The Hall–Kier alpha value is -2.50. The highest BCUT2D eigenvalue weighted by Crippen LogP contribution is 2.08. The van der Waals surface area contributed by atoms with Crippen molar-refractivity contribution in [2.75, 3.05) is 11.9 Å². The van der Waals surface area contributed by atoms with Crippen molar-refractivity contribution in [3.8, 4) is 6.01 Å². The zero-order chi connectivity index (χ0) is 12.8. The van der Waals surface area contributed by atoms with Crippen molar-refractivity contribution in [3.05, 3.63) is 48.5 Å². The first-order valence-corrected chi connectivity index (χ1v) is 5.19. The molecule has 0 bridgehead atoms. The van der Waals surface area contributed by atoms with Crippen molar-refractivity contribution in [2.45, 2.75) is 0 Å². The second kappa shape index (κ2) is 5.72. The molecule has 0 saturated heterocycles. The predicted octanol–water partition coefficient (Wildman–Crippen LogP) is 1.63. The molecule has 1 heterocycles. The van der Waals surface area contributed by atoms with E-state index in [0.29, 0.717) is 5.69 Å². The third kappa shape index (κ3) is 3.51. The van der Waals surface area contributed by atoms with Crippen LogP contribution in [0.4, 0.5) is 10.1 Å². The minimum Gasteiger partial charge on any atom is -0.453 e. The van der Waals surface area contributed by atoms with Crippen LogP contribution in [-0.4, -0.2) is 22.5 Å². The summed E-state index contributed by atoms with van der Waals surface area (Å²) in [4.78, 5) is 19.1. The van der Waals surface area contributed by atoms with Gasteiger partial charge in [0.15, 0.2) is 6.61 Å². The Labute approximate surface area is 103 Å². The maximum atomic E-state index is 12.9. The lowest BCUT2D eigenvalue weighted by Gasteiger charge is -2.05. The molecule has 1 amide bonds. The molecule has 0 aliphatic carbocycles. The number of benzene rings is 1. The van der Waals surface area contributed by atoms with Crippen LogP contribution in [0.2, 0.25) is 0 Å². The molecule has 1 aromatic heterocycles. The van der Waals surface area contributed by atoms with Crippen molar-refractivity contribution < 1.29 is 13.9 Å². The van der Waals surface area contributed by atoms with E-state index in [4.69, 9.17) is 4.74 Å². The maximum Gasteiger partial charge on any atom is 0.316 e. The number of hydrogen-bond acceptors (Lipinski definition) is 4. The molecule has 1 N–H and O–H groups in total. The van der Waals surface area contributed by atoms with Crippen LogP contribution >= 0.6 is 0 Å². The highest BCUT2D eigenvalue weighted by molar-refractivity contribution is 5.91. The SMILES string of the molecule is O=C(COc1ncccn1)Nc1cccc(F)c1. The Morgan fingerprint density at radius 1 is 1.28 bits per heavy atom. The molecule has 18 heavy (non-hydrogen) atoms. The summed E-state index contributed by atoms with van der Waals surface area (Å²) in [7, 11) is 0. The molecule has 1 aromatic carbocycles. The molecule has 0 aliphatic rings. The van der Waals surface area contributed by atoms with Crippen LogP contribution < -0.4 is 10.1 Å². The summed E-state index contributed by atoms with van der Waals surface area (Å²) in [5, 5.41) is 2.49. The maximum absolute atomic E-state index is 12.9. The van der Waals surface area contributed by atoms with Crippen molar-refractivity contribution >= 4 is 11.6 Å². The number of nitrogens with zero attached hydrogens (tertiary/aromatic N) is 2. The van der Waals surface area contributed by atoms with Gasteiger partial charge in [0.2, 0.25) is 0 Å². The Morgan fingerprint density at radius 3 is 2.78 bits per heavy atom. The van der Waals surface area contributed by atoms with Gasteiger partial charge >= 0.3 is 6.01 Å². The van der Waals surface area contributed by atoms with Crippen LogP contribution in [0, 0.1) is 5.82 Å². The minimum absolute atomic E-state index is 0.117. The van der Waals surface area contributed by atoms with Crippen LogP contribution in [0.15, 0.2) is 42.7 Å². The van der Waals surface area contributed by atoms with Crippen LogP contribution in [0.1, 0.15) is 0 Å². The number of ether oxygens (including phenoxy) is 1. The second-order valence-corrected chi connectivity index (χ2v) is 3.38. The molecule has 92 valence electrons. The van der Waals surface area contributed by atoms with Crippen molar-refractivity contribution in [1.29, 1.82) is 0 Å². The van der Waals surface area contributed by atoms with Crippen molar-refractivity contribution in [1.82, 2.24) is 9.97 Å². The number of amides is 1. The number of halogens is 1. The van der Waals surface area contributed by atoms with Gasteiger partial charge in [0.05, 0.1) is 0 Å². The molecule has 0 aliphatic heterocycles. The van der Waals surface area contributed by atoms with Gasteiger partial charge in [-0.25, -0.2) is 14.4 Å². The number of hydrogen-bond donors (Lipinski definition) is 1. The molecular weight excluding hydrogens is 237 g/mol. The lowest BCUT2D eigenvalue weighted by atomic mass is 10.3. The number of rotatable bonds is 4. The number of carbonyl (C=O) groups excluding carboxylic acids is 1. The molecule has 2 aromatic rings. The van der Waals surface area contributed by atoms with Gasteiger partial charge in [0.1, 0.15) is 5.82 Å². The fourth-order valence-electron chi connectivity index (χ4n) is 1.25. The van der Waals surface area contributed by atoms with E-state index in [1.54, 1.807) is 12.1 Å². The first-order valence-electron chi connectivity index (χ1n) is 5.19. The first-order chi connectivity index (χ1) is 8.74. The molecular formula is C12H10FN3O2. The van der Waals surface area contributed by atoms with Crippen molar-refractivity contribution in [3.63, 3.8) is 0 Å². The average Bonchev–Trinajstić information content (AvgIpc) is 2.38. The molecule has 0 unspecified atom stereocenters. The zero-order valence-electron chi connectivity index (χ0n) is 9.34. The molecule has 0 saturated carbocycles.